The van der Waals surface area contributed by atoms with Crippen molar-refractivity contribution in [3.8, 4) is 0 Å². The number of carbonyl (C=O) groups is 3. The van der Waals surface area contributed by atoms with Crippen LogP contribution in [0.5, 0.6) is 0 Å². The van der Waals surface area contributed by atoms with Crippen molar-refractivity contribution in [2.45, 2.75) is 58.0 Å². The van der Waals surface area contributed by atoms with Gasteiger partial charge in [0.05, 0.1) is 5.92 Å². The van der Waals surface area contributed by atoms with Crippen LogP contribution in [-0.2, 0) is 14.3 Å². The second kappa shape index (κ2) is 7.60. The van der Waals surface area contributed by atoms with E-state index in [1.807, 2.05) is 37.8 Å². The molecule has 3 aliphatic rings. The van der Waals surface area contributed by atoms with Crippen molar-refractivity contribution in [2.24, 2.45) is 5.41 Å². The minimum Gasteiger partial charge on any atom is -0.444 e. The zero-order chi connectivity index (χ0) is 21.5. The van der Waals surface area contributed by atoms with Gasteiger partial charge in [-0.2, -0.15) is 0 Å². The van der Waals surface area contributed by atoms with Crippen molar-refractivity contribution in [3.63, 3.8) is 0 Å². The molecule has 1 atom stereocenters. The highest BCUT2D eigenvalue weighted by molar-refractivity contribution is 6.01. The molecule has 0 saturated carbocycles. The maximum Gasteiger partial charge on any atom is 0.410 e. The topological polar surface area (TPSA) is 79.0 Å². The molecule has 0 aromatic heterocycles. The SMILES string of the molecule is CC(C)(C)OC(=O)N1CCC2(CC1)CN(c1cccc(C3CCC(=O)NC3=O)c1)C2. The average Bonchev–Trinajstić information content (AvgIpc) is 2.65. The van der Waals surface area contributed by atoms with Crippen molar-refractivity contribution in [2.75, 3.05) is 31.1 Å². The number of rotatable bonds is 2. The summed E-state index contributed by atoms with van der Waals surface area (Å²) in [5.74, 6) is -0.636. The largest absolute Gasteiger partial charge is 0.444 e. The molecule has 3 aliphatic heterocycles. The van der Waals surface area contributed by atoms with Crippen LogP contribution in [0.4, 0.5) is 10.5 Å². The van der Waals surface area contributed by atoms with Crippen molar-refractivity contribution in [3.05, 3.63) is 29.8 Å². The van der Waals surface area contributed by atoms with Crippen molar-refractivity contribution >= 4 is 23.6 Å². The number of carbonyl (C=O) groups excluding carboxylic acids is 3. The first-order valence-corrected chi connectivity index (χ1v) is 10.8. The fourth-order valence-electron chi connectivity index (χ4n) is 4.70. The highest BCUT2D eigenvalue weighted by Gasteiger charge is 2.46. The number of benzene rings is 1. The first-order chi connectivity index (χ1) is 14.1. The van der Waals surface area contributed by atoms with Gasteiger partial charge in [-0.3, -0.25) is 14.9 Å². The fourth-order valence-corrected chi connectivity index (χ4v) is 4.70. The Morgan fingerprint density at radius 3 is 2.50 bits per heavy atom. The smallest absolute Gasteiger partial charge is 0.410 e. The van der Waals surface area contributed by atoms with Crippen LogP contribution in [0.15, 0.2) is 24.3 Å². The molecule has 0 aliphatic carbocycles. The van der Waals surface area contributed by atoms with Gasteiger partial charge in [-0.25, -0.2) is 4.79 Å². The molecule has 3 heterocycles. The molecule has 1 N–H and O–H groups in total. The summed E-state index contributed by atoms with van der Waals surface area (Å²) < 4.78 is 5.50. The third-order valence-corrected chi connectivity index (χ3v) is 6.41. The van der Waals surface area contributed by atoms with E-state index in [4.69, 9.17) is 4.74 Å². The third kappa shape index (κ3) is 4.30. The number of imide groups is 1. The molecule has 4 rings (SSSR count). The molecule has 1 spiro atoms. The number of likely N-dealkylation sites (tertiary alicyclic amines) is 1. The first kappa shape index (κ1) is 20.7. The molecule has 0 bridgehead atoms. The molecular formula is C23H31N3O4. The lowest BCUT2D eigenvalue weighted by atomic mass is 9.71. The van der Waals surface area contributed by atoms with Gasteiger partial charge in [0, 0.05) is 43.7 Å². The fraction of sp³-hybridized carbons (Fsp3) is 0.609. The second-order valence-corrected chi connectivity index (χ2v) is 9.92. The van der Waals surface area contributed by atoms with Crippen molar-refractivity contribution in [1.82, 2.24) is 10.2 Å². The van der Waals surface area contributed by atoms with Crippen molar-refractivity contribution in [1.29, 1.82) is 0 Å². The van der Waals surface area contributed by atoms with Crippen molar-refractivity contribution < 1.29 is 19.1 Å². The van der Waals surface area contributed by atoms with Crippen LogP contribution in [-0.4, -0.2) is 54.6 Å². The highest BCUT2D eigenvalue weighted by atomic mass is 16.6. The van der Waals surface area contributed by atoms with Gasteiger partial charge in [0.25, 0.3) is 0 Å². The Bertz CT molecular complexity index is 844. The number of piperidine rings is 2. The van der Waals surface area contributed by atoms with Crippen LogP contribution in [0.2, 0.25) is 0 Å². The van der Waals surface area contributed by atoms with E-state index in [2.05, 4.69) is 22.3 Å². The van der Waals surface area contributed by atoms with Crippen LogP contribution in [0.1, 0.15) is 57.9 Å². The number of hydrogen-bond acceptors (Lipinski definition) is 5. The van der Waals surface area contributed by atoms with Gasteiger partial charge in [0.1, 0.15) is 5.60 Å². The predicted octanol–water partition coefficient (Wildman–Crippen LogP) is 3.04. The molecule has 7 nitrogen and oxygen atoms in total. The molecule has 1 unspecified atom stereocenters. The second-order valence-electron chi connectivity index (χ2n) is 9.92. The van der Waals surface area contributed by atoms with Gasteiger partial charge >= 0.3 is 6.09 Å². The Hall–Kier alpha value is -2.57. The van der Waals surface area contributed by atoms with E-state index < -0.39 is 5.60 Å². The van der Waals surface area contributed by atoms with E-state index >= 15 is 0 Å². The van der Waals surface area contributed by atoms with E-state index in [1.165, 1.54) is 0 Å². The quantitative estimate of drug-likeness (QED) is 0.754. The summed E-state index contributed by atoms with van der Waals surface area (Å²) in [6.45, 7) is 9.08. The molecule has 0 radical (unpaired) electrons. The van der Waals surface area contributed by atoms with Gasteiger partial charge in [-0.15, -0.1) is 0 Å². The van der Waals surface area contributed by atoms with Gasteiger partial charge in [-0.05, 0) is 57.7 Å². The lowest BCUT2D eigenvalue weighted by molar-refractivity contribution is -0.134. The van der Waals surface area contributed by atoms with Gasteiger partial charge in [0.15, 0.2) is 0 Å². The number of amides is 3. The molecule has 1 aromatic rings. The Labute approximate surface area is 177 Å². The zero-order valence-electron chi connectivity index (χ0n) is 18.1. The van der Waals surface area contributed by atoms with E-state index in [0.717, 1.165) is 50.3 Å². The molecule has 3 amide bonds. The van der Waals surface area contributed by atoms with Crippen LogP contribution in [0.25, 0.3) is 0 Å². The highest BCUT2D eigenvalue weighted by Crippen LogP contribution is 2.43. The number of ether oxygens (including phenoxy) is 1. The predicted molar refractivity (Wildman–Crippen MR) is 113 cm³/mol. The van der Waals surface area contributed by atoms with E-state index in [-0.39, 0.29) is 29.2 Å². The summed E-state index contributed by atoms with van der Waals surface area (Å²) >= 11 is 0. The summed E-state index contributed by atoms with van der Waals surface area (Å²) in [6, 6.07) is 8.13. The van der Waals surface area contributed by atoms with Gasteiger partial charge < -0.3 is 14.5 Å². The molecule has 30 heavy (non-hydrogen) atoms. The molecule has 7 heteroatoms. The summed E-state index contributed by atoms with van der Waals surface area (Å²) in [5, 5.41) is 2.44. The lowest BCUT2D eigenvalue weighted by Crippen LogP contribution is -2.61. The molecule has 1 aromatic carbocycles. The average molecular weight is 414 g/mol. The minimum absolute atomic E-state index is 0.185. The first-order valence-electron chi connectivity index (χ1n) is 10.8. The molecule has 162 valence electrons. The van der Waals surface area contributed by atoms with Gasteiger partial charge in [0.2, 0.25) is 11.8 Å². The standard InChI is InChI=1S/C23H31N3O4/c1-22(2,3)30-21(29)25-11-9-23(10-12-25)14-26(15-23)17-6-4-5-16(13-17)18-7-8-19(27)24-20(18)28/h4-6,13,18H,7-12,14-15H2,1-3H3,(H,24,27,28). The summed E-state index contributed by atoms with van der Waals surface area (Å²) in [4.78, 5) is 40.1. The monoisotopic (exact) mass is 413 g/mol. The van der Waals surface area contributed by atoms with E-state index in [9.17, 15) is 14.4 Å². The van der Waals surface area contributed by atoms with Gasteiger partial charge in [-0.1, -0.05) is 12.1 Å². The van der Waals surface area contributed by atoms with Crippen LogP contribution in [0.3, 0.4) is 0 Å². The summed E-state index contributed by atoms with van der Waals surface area (Å²) in [6.07, 6.45) is 2.70. The lowest BCUT2D eigenvalue weighted by Gasteiger charge is -2.55. The Balaban J connectivity index is 1.33. The number of nitrogens with one attached hydrogen (secondary N) is 1. The number of hydrogen-bond donors (Lipinski definition) is 1. The summed E-state index contributed by atoms with van der Waals surface area (Å²) in [5.41, 5.74) is 1.88. The van der Waals surface area contributed by atoms with Crippen LogP contribution >= 0.6 is 0 Å². The Morgan fingerprint density at radius 2 is 1.87 bits per heavy atom. The number of anilines is 1. The molecule has 3 saturated heterocycles. The summed E-state index contributed by atoms with van der Waals surface area (Å²) in [7, 11) is 0. The van der Waals surface area contributed by atoms with Crippen LogP contribution < -0.4 is 10.2 Å². The Kier molecular flexibility index (Phi) is 5.24. The molecular weight excluding hydrogens is 382 g/mol. The Morgan fingerprint density at radius 1 is 1.17 bits per heavy atom. The minimum atomic E-state index is -0.465. The number of nitrogens with zero attached hydrogens (tertiary/aromatic N) is 2. The zero-order valence-corrected chi connectivity index (χ0v) is 18.1. The molecule has 3 fully saturated rings. The maximum atomic E-state index is 12.3. The maximum absolute atomic E-state index is 12.3. The third-order valence-electron chi connectivity index (χ3n) is 6.41. The van der Waals surface area contributed by atoms with E-state index in [0.29, 0.717) is 12.8 Å². The normalized spacial score (nSPS) is 23.8. The van der Waals surface area contributed by atoms with Crippen LogP contribution in [0, 0.1) is 5.41 Å². The van der Waals surface area contributed by atoms with E-state index in [1.54, 1.807) is 0 Å².